The van der Waals surface area contributed by atoms with Crippen LogP contribution >= 0.6 is 0 Å². The van der Waals surface area contributed by atoms with E-state index in [1.54, 1.807) is 6.08 Å². The predicted octanol–water partition coefficient (Wildman–Crippen LogP) is 2.96. The standard InChI is InChI=1S/C24H32O6/c1-22-7-4-14(25)10-13(22)11-15(21(28)29-3)19-16-5-8-24(9-6-18(27)30-24)23(16,2)12-17(26)20(19)22/h10,15-17,19-20,26H,4-9,11-12H2,1-3H3/t15?,16-,17+,19?,20-,22-,23-,24+/m0/s1. The van der Waals surface area contributed by atoms with Crippen LogP contribution in [0.15, 0.2) is 11.6 Å². The van der Waals surface area contributed by atoms with Gasteiger partial charge in [0.25, 0.3) is 0 Å². The number of hydrogen-bond acceptors (Lipinski definition) is 6. The fourth-order valence-electron chi connectivity index (χ4n) is 8.35. The van der Waals surface area contributed by atoms with E-state index in [1.807, 2.05) is 0 Å². The van der Waals surface area contributed by atoms with Gasteiger partial charge in [0.1, 0.15) is 5.60 Å². The summed E-state index contributed by atoms with van der Waals surface area (Å²) in [4.78, 5) is 37.2. The van der Waals surface area contributed by atoms with Gasteiger partial charge in [-0.05, 0) is 67.8 Å². The summed E-state index contributed by atoms with van der Waals surface area (Å²) in [5, 5.41) is 11.6. The number of allylic oxidation sites excluding steroid dienone is 1. The van der Waals surface area contributed by atoms with Gasteiger partial charge in [0.2, 0.25) is 0 Å². The monoisotopic (exact) mass is 416 g/mol. The number of aliphatic hydroxyl groups is 1. The van der Waals surface area contributed by atoms with E-state index in [-0.39, 0.29) is 52.2 Å². The van der Waals surface area contributed by atoms with E-state index in [0.717, 1.165) is 18.4 Å². The van der Waals surface area contributed by atoms with Crippen LogP contribution in [0.4, 0.5) is 0 Å². The molecular formula is C24H32O6. The molecule has 0 amide bonds. The van der Waals surface area contributed by atoms with E-state index in [0.29, 0.717) is 38.5 Å². The molecular weight excluding hydrogens is 384 g/mol. The van der Waals surface area contributed by atoms with E-state index in [4.69, 9.17) is 9.47 Å². The Hall–Kier alpha value is -1.69. The Morgan fingerprint density at radius 2 is 1.97 bits per heavy atom. The normalized spacial score (nSPS) is 49.7. The molecule has 1 heterocycles. The first kappa shape index (κ1) is 20.2. The molecule has 1 spiro atoms. The van der Waals surface area contributed by atoms with Gasteiger partial charge >= 0.3 is 11.9 Å². The Morgan fingerprint density at radius 3 is 2.63 bits per heavy atom. The van der Waals surface area contributed by atoms with Crippen LogP contribution in [0.1, 0.15) is 65.2 Å². The SMILES string of the molecule is COC(=O)C1CC2=CC(=O)CC[C@]2(C)[C@@H]2C1[C@@H]1CC[C@@]3(CCC(=O)O3)[C@@]1(C)C[C@H]2O. The molecule has 1 aliphatic heterocycles. The zero-order valence-electron chi connectivity index (χ0n) is 18.1. The molecule has 2 unspecified atom stereocenters. The molecule has 164 valence electrons. The van der Waals surface area contributed by atoms with Crippen LogP contribution < -0.4 is 0 Å². The smallest absolute Gasteiger partial charge is 0.309 e. The van der Waals surface area contributed by atoms with Crippen molar-refractivity contribution in [2.75, 3.05) is 7.11 Å². The fraction of sp³-hybridized carbons (Fsp3) is 0.792. The highest BCUT2D eigenvalue weighted by atomic mass is 16.6. The second-order valence-electron chi connectivity index (χ2n) is 10.8. The molecule has 0 aromatic heterocycles. The minimum atomic E-state index is -0.611. The highest BCUT2D eigenvalue weighted by Gasteiger charge is 2.71. The van der Waals surface area contributed by atoms with E-state index < -0.39 is 11.7 Å². The predicted molar refractivity (Wildman–Crippen MR) is 107 cm³/mol. The first-order valence-electron chi connectivity index (χ1n) is 11.4. The van der Waals surface area contributed by atoms with Gasteiger partial charge in [-0.25, -0.2) is 0 Å². The Morgan fingerprint density at radius 1 is 1.20 bits per heavy atom. The molecule has 4 aliphatic carbocycles. The van der Waals surface area contributed by atoms with Crippen molar-refractivity contribution in [1.82, 2.24) is 0 Å². The summed E-state index contributed by atoms with van der Waals surface area (Å²) < 4.78 is 11.2. The minimum absolute atomic E-state index is 0.0415. The van der Waals surface area contributed by atoms with E-state index >= 15 is 0 Å². The number of carbonyl (C=O) groups is 3. The van der Waals surface area contributed by atoms with Gasteiger partial charge in [0, 0.05) is 18.3 Å². The molecule has 0 aromatic rings. The van der Waals surface area contributed by atoms with Crippen molar-refractivity contribution in [1.29, 1.82) is 0 Å². The lowest BCUT2D eigenvalue weighted by molar-refractivity contribution is -0.197. The van der Waals surface area contributed by atoms with E-state index in [2.05, 4.69) is 13.8 Å². The lowest BCUT2D eigenvalue weighted by Crippen LogP contribution is -2.62. The number of hydrogen-bond donors (Lipinski definition) is 1. The molecule has 6 nitrogen and oxygen atoms in total. The summed E-state index contributed by atoms with van der Waals surface area (Å²) >= 11 is 0. The molecule has 0 bridgehead atoms. The van der Waals surface area contributed by atoms with Crippen molar-refractivity contribution in [3.63, 3.8) is 0 Å². The van der Waals surface area contributed by atoms with Crippen LogP contribution in [0.5, 0.6) is 0 Å². The minimum Gasteiger partial charge on any atom is -0.469 e. The number of methoxy groups -OCH3 is 1. The Bertz CT molecular complexity index is 847. The molecule has 3 saturated carbocycles. The van der Waals surface area contributed by atoms with Crippen molar-refractivity contribution in [2.24, 2.45) is 34.5 Å². The summed E-state index contributed by atoms with van der Waals surface area (Å²) in [6.07, 6.45) is 6.21. The first-order chi connectivity index (χ1) is 14.1. The third-order valence-corrected chi connectivity index (χ3v) is 9.79. The maximum Gasteiger partial charge on any atom is 0.309 e. The quantitative estimate of drug-likeness (QED) is 0.661. The highest BCUT2D eigenvalue weighted by molar-refractivity contribution is 5.92. The molecule has 1 saturated heterocycles. The molecule has 0 aromatic carbocycles. The molecule has 1 N–H and O–H groups in total. The number of carbonyl (C=O) groups excluding carboxylic acids is 3. The highest BCUT2D eigenvalue weighted by Crippen LogP contribution is 2.70. The number of aliphatic hydroxyl groups excluding tert-OH is 1. The zero-order chi connectivity index (χ0) is 21.5. The number of ether oxygens (including phenoxy) is 2. The van der Waals surface area contributed by atoms with Gasteiger partial charge in [0.15, 0.2) is 5.78 Å². The molecule has 6 heteroatoms. The van der Waals surface area contributed by atoms with Crippen molar-refractivity contribution >= 4 is 17.7 Å². The second-order valence-corrected chi connectivity index (χ2v) is 10.8. The van der Waals surface area contributed by atoms with Crippen molar-refractivity contribution in [2.45, 2.75) is 76.9 Å². The van der Waals surface area contributed by atoms with Crippen LogP contribution in [0.25, 0.3) is 0 Å². The van der Waals surface area contributed by atoms with Gasteiger partial charge in [-0.2, -0.15) is 0 Å². The topological polar surface area (TPSA) is 89.9 Å². The largest absolute Gasteiger partial charge is 0.469 e. The molecule has 0 radical (unpaired) electrons. The van der Waals surface area contributed by atoms with Crippen LogP contribution in [0.3, 0.4) is 0 Å². The molecule has 4 fully saturated rings. The lowest BCUT2D eigenvalue weighted by Gasteiger charge is -2.62. The maximum atomic E-state index is 12.9. The maximum absolute atomic E-state index is 12.9. The first-order valence-corrected chi connectivity index (χ1v) is 11.4. The van der Waals surface area contributed by atoms with Gasteiger partial charge in [0.05, 0.1) is 19.1 Å². The van der Waals surface area contributed by atoms with Crippen LogP contribution in [0, 0.1) is 34.5 Å². The average Bonchev–Trinajstić information content (AvgIpc) is 3.21. The van der Waals surface area contributed by atoms with E-state index in [1.165, 1.54) is 7.11 Å². The average molecular weight is 417 g/mol. The summed E-state index contributed by atoms with van der Waals surface area (Å²) in [6.45, 7) is 4.33. The van der Waals surface area contributed by atoms with Gasteiger partial charge in [-0.1, -0.05) is 19.4 Å². The second kappa shape index (κ2) is 6.41. The number of ketones is 1. The summed E-state index contributed by atoms with van der Waals surface area (Å²) in [5.74, 6) is -0.636. The summed E-state index contributed by atoms with van der Waals surface area (Å²) in [7, 11) is 1.42. The molecule has 5 aliphatic rings. The number of esters is 2. The Kier molecular flexibility index (Phi) is 4.32. The van der Waals surface area contributed by atoms with E-state index in [9.17, 15) is 19.5 Å². The molecule has 8 atom stereocenters. The molecule has 30 heavy (non-hydrogen) atoms. The van der Waals surface area contributed by atoms with Crippen LogP contribution in [0.2, 0.25) is 0 Å². The van der Waals surface area contributed by atoms with Crippen molar-refractivity contribution < 1.29 is 29.0 Å². The van der Waals surface area contributed by atoms with Crippen LogP contribution in [-0.2, 0) is 23.9 Å². The fourth-order valence-corrected chi connectivity index (χ4v) is 8.35. The van der Waals surface area contributed by atoms with Crippen LogP contribution in [-0.4, -0.2) is 41.6 Å². The third kappa shape index (κ3) is 2.43. The Balaban J connectivity index is 1.62. The number of fused-ring (bicyclic) bond motifs is 6. The van der Waals surface area contributed by atoms with Gasteiger partial charge < -0.3 is 14.6 Å². The zero-order valence-corrected chi connectivity index (χ0v) is 18.1. The number of rotatable bonds is 1. The summed E-state index contributed by atoms with van der Waals surface area (Å²) in [5.41, 5.74) is -0.168. The summed E-state index contributed by atoms with van der Waals surface area (Å²) in [6, 6.07) is 0. The van der Waals surface area contributed by atoms with Gasteiger partial charge in [-0.15, -0.1) is 0 Å². The lowest BCUT2D eigenvalue weighted by atomic mass is 9.43. The molecule has 5 rings (SSSR count). The third-order valence-electron chi connectivity index (χ3n) is 9.79. The Labute approximate surface area is 177 Å². The van der Waals surface area contributed by atoms with Gasteiger partial charge in [-0.3, -0.25) is 14.4 Å². The van der Waals surface area contributed by atoms with Crippen molar-refractivity contribution in [3.8, 4) is 0 Å². The van der Waals surface area contributed by atoms with Crippen molar-refractivity contribution in [3.05, 3.63) is 11.6 Å².